The van der Waals surface area contributed by atoms with Gasteiger partial charge in [-0.3, -0.25) is 4.99 Å². The van der Waals surface area contributed by atoms with Crippen molar-refractivity contribution in [2.24, 2.45) is 4.99 Å². The van der Waals surface area contributed by atoms with Crippen LogP contribution in [0.25, 0.3) is 11.0 Å². The molecule has 2 aromatic heterocycles. The maximum absolute atomic E-state index is 4.43. The predicted octanol–water partition coefficient (Wildman–Crippen LogP) is 4.03. The van der Waals surface area contributed by atoms with E-state index in [4.69, 9.17) is 0 Å². The Bertz CT molecular complexity index is 839. The number of nitrogens with one attached hydrogen (secondary N) is 2. The molecule has 0 aliphatic carbocycles. The van der Waals surface area contributed by atoms with Crippen molar-refractivity contribution in [2.75, 3.05) is 13.6 Å². The number of hydrogen-bond donors (Lipinski definition) is 2. The summed E-state index contributed by atoms with van der Waals surface area (Å²) in [7, 11) is 1.81. The number of aliphatic imine (C=N–C) groups is 1. The quantitative estimate of drug-likeness (QED) is 0.231. The summed E-state index contributed by atoms with van der Waals surface area (Å²) >= 11 is 1.86. The summed E-state index contributed by atoms with van der Waals surface area (Å²) in [5.74, 6) is 0.849. The van der Waals surface area contributed by atoms with Gasteiger partial charge in [0.2, 0.25) is 0 Å². The van der Waals surface area contributed by atoms with Gasteiger partial charge in [0, 0.05) is 29.9 Å². The number of halogens is 1. The number of aromatic nitrogens is 2. The van der Waals surface area contributed by atoms with Gasteiger partial charge in [0.1, 0.15) is 0 Å². The molecule has 3 aromatic rings. The fourth-order valence-corrected chi connectivity index (χ4v) is 3.64. The van der Waals surface area contributed by atoms with Gasteiger partial charge < -0.3 is 15.2 Å². The summed E-state index contributed by atoms with van der Waals surface area (Å²) in [6.07, 6.45) is 4.03. The Kier molecular flexibility index (Phi) is 8.37. The van der Waals surface area contributed by atoms with Gasteiger partial charge in [-0.25, -0.2) is 4.98 Å². The van der Waals surface area contributed by atoms with Crippen LogP contribution in [0.15, 0.2) is 47.7 Å². The Balaban J connectivity index is 0.00000243. The first-order valence-corrected chi connectivity index (χ1v) is 9.53. The summed E-state index contributed by atoms with van der Waals surface area (Å²) in [6, 6.07) is 12.6. The third kappa shape index (κ3) is 5.44. The van der Waals surface area contributed by atoms with Crippen LogP contribution in [0.1, 0.15) is 23.1 Å². The van der Waals surface area contributed by atoms with Gasteiger partial charge in [-0.2, -0.15) is 0 Å². The van der Waals surface area contributed by atoms with Crippen molar-refractivity contribution in [3.05, 3.63) is 52.5 Å². The van der Waals surface area contributed by atoms with E-state index < -0.39 is 0 Å². The SMILES string of the molecule is CCc1ccc(CNC(=NC)NCCCn2cnc3ccccc32)s1.I. The summed E-state index contributed by atoms with van der Waals surface area (Å²) in [5.41, 5.74) is 2.24. The van der Waals surface area contributed by atoms with E-state index in [-0.39, 0.29) is 24.0 Å². The molecule has 7 heteroatoms. The Labute approximate surface area is 176 Å². The standard InChI is InChI=1S/C19H25N5S.HI/c1-3-15-9-10-16(25-15)13-22-19(20-2)21-11-6-12-24-14-23-17-7-4-5-8-18(17)24;/h4-5,7-10,14H,3,6,11-13H2,1-2H3,(H2,20,21,22);1H. The van der Waals surface area contributed by atoms with Crippen LogP contribution in [0.5, 0.6) is 0 Å². The second-order valence-electron chi connectivity index (χ2n) is 5.85. The molecule has 26 heavy (non-hydrogen) atoms. The highest BCUT2D eigenvalue weighted by Gasteiger charge is 2.03. The molecule has 0 unspecified atom stereocenters. The molecular weight excluding hydrogens is 457 g/mol. The van der Waals surface area contributed by atoms with Crippen molar-refractivity contribution in [1.29, 1.82) is 0 Å². The van der Waals surface area contributed by atoms with Gasteiger partial charge in [-0.05, 0) is 37.1 Å². The summed E-state index contributed by atoms with van der Waals surface area (Å²) < 4.78 is 2.20. The molecule has 1 aromatic carbocycles. The molecule has 5 nitrogen and oxygen atoms in total. The summed E-state index contributed by atoms with van der Waals surface area (Å²) in [5, 5.41) is 6.76. The smallest absolute Gasteiger partial charge is 0.191 e. The van der Waals surface area contributed by atoms with Gasteiger partial charge >= 0.3 is 0 Å². The Morgan fingerprint density at radius 1 is 1.15 bits per heavy atom. The Morgan fingerprint density at radius 2 is 1.96 bits per heavy atom. The lowest BCUT2D eigenvalue weighted by molar-refractivity contribution is 0.637. The number of guanidine groups is 1. The van der Waals surface area contributed by atoms with Crippen molar-refractivity contribution in [3.8, 4) is 0 Å². The zero-order valence-electron chi connectivity index (χ0n) is 15.2. The number of thiophene rings is 1. The van der Waals surface area contributed by atoms with Crippen molar-refractivity contribution >= 4 is 52.3 Å². The minimum absolute atomic E-state index is 0. The van der Waals surface area contributed by atoms with Crippen LogP contribution >= 0.6 is 35.3 Å². The molecule has 0 aliphatic heterocycles. The fourth-order valence-electron chi connectivity index (χ4n) is 2.74. The molecule has 0 saturated heterocycles. The Morgan fingerprint density at radius 3 is 2.73 bits per heavy atom. The maximum atomic E-state index is 4.43. The second-order valence-corrected chi connectivity index (χ2v) is 7.11. The van der Waals surface area contributed by atoms with E-state index in [1.165, 1.54) is 15.3 Å². The molecule has 2 N–H and O–H groups in total. The van der Waals surface area contributed by atoms with E-state index >= 15 is 0 Å². The first-order chi connectivity index (χ1) is 12.3. The van der Waals surface area contributed by atoms with Crippen molar-refractivity contribution in [2.45, 2.75) is 32.9 Å². The van der Waals surface area contributed by atoms with Gasteiger partial charge in [-0.1, -0.05) is 19.1 Å². The number of fused-ring (bicyclic) bond motifs is 1. The molecule has 0 spiro atoms. The van der Waals surface area contributed by atoms with E-state index in [0.717, 1.165) is 44.0 Å². The molecule has 0 fully saturated rings. The monoisotopic (exact) mass is 483 g/mol. The molecule has 0 bridgehead atoms. The summed E-state index contributed by atoms with van der Waals surface area (Å²) in [4.78, 5) is 11.5. The average molecular weight is 483 g/mol. The third-order valence-electron chi connectivity index (χ3n) is 4.12. The van der Waals surface area contributed by atoms with Crippen LogP contribution in [0.3, 0.4) is 0 Å². The van der Waals surface area contributed by atoms with Gasteiger partial charge in [0.05, 0.1) is 23.9 Å². The van der Waals surface area contributed by atoms with Gasteiger partial charge in [0.15, 0.2) is 5.96 Å². The lowest BCUT2D eigenvalue weighted by atomic mass is 10.3. The molecule has 0 amide bonds. The second kappa shape index (κ2) is 10.5. The van der Waals surface area contributed by atoms with Gasteiger partial charge in [-0.15, -0.1) is 35.3 Å². The highest BCUT2D eigenvalue weighted by Crippen LogP contribution is 2.16. The Hall–Kier alpha value is -1.61. The fraction of sp³-hybridized carbons (Fsp3) is 0.368. The van der Waals surface area contributed by atoms with E-state index in [1.807, 2.05) is 36.8 Å². The third-order valence-corrected chi connectivity index (χ3v) is 5.34. The zero-order valence-corrected chi connectivity index (χ0v) is 18.4. The number of aryl methyl sites for hydroxylation is 2. The molecule has 0 saturated carbocycles. The molecule has 140 valence electrons. The topological polar surface area (TPSA) is 54.2 Å². The van der Waals surface area contributed by atoms with E-state index in [1.54, 1.807) is 0 Å². The van der Waals surface area contributed by atoms with E-state index in [0.29, 0.717) is 0 Å². The number of imidazole rings is 1. The maximum Gasteiger partial charge on any atom is 0.191 e. The van der Waals surface area contributed by atoms with Crippen molar-refractivity contribution < 1.29 is 0 Å². The van der Waals surface area contributed by atoms with Crippen LogP contribution in [0.4, 0.5) is 0 Å². The summed E-state index contributed by atoms with van der Waals surface area (Å²) in [6.45, 7) is 4.82. The van der Waals surface area contributed by atoms with E-state index in [9.17, 15) is 0 Å². The normalized spacial score (nSPS) is 11.4. The van der Waals surface area contributed by atoms with Crippen LogP contribution < -0.4 is 10.6 Å². The number of para-hydroxylation sites is 2. The lowest BCUT2D eigenvalue weighted by Gasteiger charge is -2.11. The molecule has 2 heterocycles. The van der Waals surface area contributed by atoms with Crippen LogP contribution in [0, 0.1) is 0 Å². The van der Waals surface area contributed by atoms with Crippen molar-refractivity contribution in [1.82, 2.24) is 20.2 Å². The first-order valence-electron chi connectivity index (χ1n) is 8.72. The minimum atomic E-state index is 0. The molecule has 0 aliphatic rings. The molecule has 3 rings (SSSR count). The van der Waals surface area contributed by atoms with Crippen LogP contribution in [0.2, 0.25) is 0 Å². The molecule has 0 atom stereocenters. The predicted molar refractivity (Wildman–Crippen MR) is 122 cm³/mol. The van der Waals surface area contributed by atoms with Crippen molar-refractivity contribution in [3.63, 3.8) is 0 Å². The number of rotatable bonds is 7. The highest BCUT2D eigenvalue weighted by molar-refractivity contribution is 14.0. The number of hydrogen-bond acceptors (Lipinski definition) is 3. The zero-order chi connectivity index (χ0) is 17.5. The average Bonchev–Trinajstić information content (AvgIpc) is 3.28. The largest absolute Gasteiger partial charge is 0.356 e. The number of benzene rings is 1. The minimum Gasteiger partial charge on any atom is -0.356 e. The number of nitrogens with zero attached hydrogens (tertiary/aromatic N) is 3. The highest BCUT2D eigenvalue weighted by atomic mass is 127. The van der Waals surface area contributed by atoms with Gasteiger partial charge in [0.25, 0.3) is 0 Å². The first kappa shape index (κ1) is 20.7. The molecular formula is C19H26IN5S. The van der Waals surface area contributed by atoms with E-state index in [2.05, 4.69) is 56.4 Å². The van der Waals surface area contributed by atoms with Crippen LogP contribution in [-0.2, 0) is 19.5 Å². The lowest BCUT2D eigenvalue weighted by Crippen LogP contribution is -2.37. The molecule has 0 radical (unpaired) electrons. The van der Waals surface area contributed by atoms with Crippen LogP contribution in [-0.4, -0.2) is 29.1 Å².